The third kappa shape index (κ3) is 3.64. The fraction of sp³-hybridized carbons (Fsp3) is 0.0769. The highest BCUT2D eigenvalue weighted by Gasteiger charge is 2.36. The summed E-state index contributed by atoms with van der Waals surface area (Å²) in [6, 6.07) is 50.4. The number of aromatic nitrogens is 1. The van der Waals surface area contributed by atoms with E-state index >= 15 is 0 Å². The molecule has 2 heteroatoms. The standard InChI is InChI=1S/C39H30N2/c1-39(2)33-15-8-6-14-31(33)38-34(39)16-10-17-35(38)40-28-22-19-26(20-23-28)27-21-24-37-32(25-27)30-13-7-9-18-36(30)41(37)29-11-4-3-5-12-29/h3-25,40H,1-2H3. The maximum Gasteiger partial charge on any atom is 0.0541 e. The average molecular weight is 527 g/mol. The molecule has 0 saturated heterocycles. The van der Waals surface area contributed by atoms with Crippen molar-refractivity contribution >= 4 is 33.2 Å². The van der Waals surface area contributed by atoms with Crippen LogP contribution in [0.1, 0.15) is 25.0 Å². The molecule has 0 saturated carbocycles. The number of fused-ring (bicyclic) bond motifs is 6. The van der Waals surface area contributed by atoms with Gasteiger partial charge in [-0.2, -0.15) is 0 Å². The maximum atomic E-state index is 3.73. The SMILES string of the molecule is CC1(C)c2ccccc2-c2c(Nc3ccc(-c4ccc5c(c4)c4ccccc4n5-c4ccccc4)cc3)cccc21. The molecule has 0 spiro atoms. The number of para-hydroxylation sites is 2. The molecule has 196 valence electrons. The second-order valence-electron chi connectivity index (χ2n) is 11.5. The lowest BCUT2D eigenvalue weighted by Crippen LogP contribution is -2.14. The predicted molar refractivity (Wildman–Crippen MR) is 174 cm³/mol. The monoisotopic (exact) mass is 526 g/mol. The van der Waals surface area contributed by atoms with Crippen molar-refractivity contribution in [3.05, 3.63) is 151 Å². The highest BCUT2D eigenvalue weighted by Crippen LogP contribution is 2.51. The van der Waals surface area contributed by atoms with Gasteiger partial charge in [-0.1, -0.05) is 105 Å². The van der Waals surface area contributed by atoms with Gasteiger partial charge in [-0.25, -0.2) is 0 Å². The van der Waals surface area contributed by atoms with Crippen LogP contribution in [0.5, 0.6) is 0 Å². The topological polar surface area (TPSA) is 17.0 Å². The molecule has 2 nitrogen and oxygen atoms in total. The van der Waals surface area contributed by atoms with Crippen LogP contribution in [0, 0.1) is 0 Å². The highest BCUT2D eigenvalue weighted by molar-refractivity contribution is 6.10. The maximum absolute atomic E-state index is 3.73. The fourth-order valence-corrected chi connectivity index (χ4v) is 6.77. The summed E-state index contributed by atoms with van der Waals surface area (Å²) in [5.41, 5.74) is 13.7. The molecule has 1 N–H and O–H groups in total. The molecule has 41 heavy (non-hydrogen) atoms. The van der Waals surface area contributed by atoms with Gasteiger partial charge in [0, 0.05) is 38.8 Å². The van der Waals surface area contributed by atoms with E-state index < -0.39 is 0 Å². The molecule has 0 bridgehead atoms. The number of anilines is 2. The van der Waals surface area contributed by atoms with Gasteiger partial charge in [0.05, 0.1) is 11.0 Å². The van der Waals surface area contributed by atoms with Crippen LogP contribution in [0.2, 0.25) is 0 Å². The van der Waals surface area contributed by atoms with Crippen molar-refractivity contribution in [2.75, 3.05) is 5.32 Å². The van der Waals surface area contributed by atoms with Crippen molar-refractivity contribution in [3.8, 4) is 27.9 Å². The summed E-state index contributed by atoms with van der Waals surface area (Å²) in [6.45, 7) is 4.65. The average Bonchev–Trinajstić information content (AvgIpc) is 3.47. The van der Waals surface area contributed by atoms with E-state index in [4.69, 9.17) is 0 Å². The van der Waals surface area contributed by atoms with Gasteiger partial charge < -0.3 is 9.88 Å². The Morgan fingerprint density at radius 2 is 1.22 bits per heavy atom. The first-order valence-electron chi connectivity index (χ1n) is 14.3. The second kappa shape index (κ2) is 8.97. The normalized spacial score (nSPS) is 13.3. The third-order valence-electron chi connectivity index (χ3n) is 8.79. The highest BCUT2D eigenvalue weighted by atomic mass is 15.0. The zero-order valence-electron chi connectivity index (χ0n) is 23.2. The van der Waals surface area contributed by atoms with Crippen molar-refractivity contribution < 1.29 is 0 Å². The summed E-state index contributed by atoms with van der Waals surface area (Å²) < 4.78 is 2.36. The Kier molecular flexibility index (Phi) is 5.20. The zero-order chi connectivity index (χ0) is 27.6. The molecule has 6 aromatic carbocycles. The van der Waals surface area contributed by atoms with Gasteiger partial charge in [0.15, 0.2) is 0 Å². The Labute approximate surface area is 240 Å². The molecule has 0 atom stereocenters. The molecule has 0 radical (unpaired) electrons. The molecule has 1 aliphatic rings. The summed E-state index contributed by atoms with van der Waals surface area (Å²) in [5, 5.41) is 6.27. The van der Waals surface area contributed by atoms with E-state index in [9.17, 15) is 0 Å². The summed E-state index contributed by atoms with van der Waals surface area (Å²) in [7, 11) is 0. The Balaban J connectivity index is 1.16. The van der Waals surface area contributed by atoms with Gasteiger partial charge in [-0.3, -0.25) is 0 Å². The van der Waals surface area contributed by atoms with E-state index in [1.807, 2.05) is 0 Å². The molecule has 1 heterocycles. The lowest BCUT2D eigenvalue weighted by atomic mass is 9.82. The second-order valence-corrected chi connectivity index (χ2v) is 11.5. The largest absolute Gasteiger partial charge is 0.355 e. The van der Waals surface area contributed by atoms with Crippen molar-refractivity contribution in [3.63, 3.8) is 0 Å². The van der Waals surface area contributed by atoms with Gasteiger partial charge in [-0.15, -0.1) is 0 Å². The van der Waals surface area contributed by atoms with Crippen molar-refractivity contribution in [2.24, 2.45) is 0 Å². The smallest absolute Gasteiger partial charge is 0.0541 e. The number of benzene rings is 6. The molecule has 1 aliphatic carbocycles. The number of nitrogens with one attached hydrogen (secondary N) is 1. The van der Waals surface area contributed by atoms with Crippen LogP contribution in [-0.4, -0.2) is 4.57 Å². The minimum atomic E-state index is -0.00421. The van der Waals surface area contributed by atoms with Crippen molar-refractivity contribution in [1.29, 1.82) is 0 Å². The molecule has 0 aliphatic heterocycles. The van der Waals surface area contributed by atoms with Crippen molar-refractivity contribution in [2.45, 2.75) is 19.3 Å². The Morgan fingerprint density at radius 1 is 0.537 bits per heavy atom. The number of hydrogen-bond acceptors (Lipinski definition) is 1. The van der Waals surface area contributed by atoms with E-state index in [2.05, 4.69) is 163 Å². The summed E-state index contributed by atoms with van der Waals surface area (Å²) in [6.07, 6.45) is 0. The van der Waals surface area contributed by atoms with E-state index in [-0.39, 0.29) is 5.41 Å². The van der Waals surface area contributed by atoms with Crippen LogP contribution < -0.4 is 5.32 Å². The molecule has 1 aromatic heterocycles. The van der Waals surface area contributed by atoms with Crippen LogP contribution >= 0.6 is 0 Å². The first kappa shape index (κ1) is 23.8. The van der Waals surface area contributed by atoms with Gasteiger partial charge >= 0.3 is 0 Å². The van der Waals surface area contributed by atoms with Crippen LogP contribution in [0.4, 0.5) is 11.4 Å². The summed E-state index contributed by atoms with van der Waals surface area (Å²) >= 11 is 0. The minimum absolute atomic E-state index is 0.00421. The molecule has 0 amide bonds. The predicted octanol–water partition coefficient (Wildman–Crippen LogP) is 10.5. The summed E-state index contributed by atoms with van der Waals surface area (Å²) in [5.74, 6) is 0. The quantitative estimate of drug-likeness (QED) is 0.241. The first-order valence-corrected chi connectivity index (χ1v) is 14.3. The van der Waals surface area contributed by atoms with Crippen LogP contribution in [0.15, 0.2) is 140 Å². The van der Waals surface area contributed by atoms with E-state index in [1.54, 1.807) is 0 Å². The van der Waals surface area contributed by atoms with Crippen molar-refractivity contribution in [1.82, 2.24) is 4.57 Å². The van der Waals surface area contributed by atoms with E-state index in [0.717, 1.165) is 11.4 Å². The van der Waals surface area contributed by atoms with Gasteiger partial charge in [0.1, 0.15) is 0 Å². The van der Waals surface area contributed by atoms with Crippen LogP contribution in [-0.2, 0) is 5.41 Å². The number of hydrogen-bond donors (Lipinski definition) is 1. The molecule has 0 unspecified atom stereocenters. The Bertz CT molecular complexity index is 2080. The number of rotatable bonds is 4. The third-order valence-corrected chi connectivity index (χ3v) is 8.79. The lowest BCUT2D eigenvalue weighted by Gasteiger charge is -2.21. The van der Waals surface area contributed by atoms with Gasteiger partial charge in [0.2, 0.25) is 0 Å². The van der Waals surface area contributed by atoms with E-state index in [0.29, 0.717) is 0 Å². The Morgan fingerprint density at radius 3 is 2.07 bits per heavy atom. The Hall–Kier alpha value is -5.08. The summed E-state index contributed by atoms with van der Waals surface area (Å²) in [4.78, 5) is 0. The molecular weight excluding hydrogens is 496 g/mol. The van der Waals surface area contributed by atoms with Gasteiger partial charge in [-0.05, 0) is 76.3 Å². The molecular formula is C39H30N2. The minimum Gasteiger partial charge on any atom is -0.355 e. The molecule has 8 rings (SSSR count). The molecule has 0 fully saturated rings. The number of nitrogens with zero attached hydrogens (tertiary/aromatic N) is 1. The van der Waals surface area contributed by atoms with Crippen LogP contribution in [0.25, 0.3) is 49.7 Å². The lowest BCUT2D eigenvalue weighted by molar-refractivity contribution is 0.660. The van der Waals surface area contributed by atoms with Crippen LogP contribution in [0.3, 0.4) is 0 Å². The molecule has 7 aromatic rings. The zero-order valence-corrected chi connectivity index (χ0v) is 23.2. The first-order chi connectivity index (χ1) is 20.1. The van der Waals surface area contributed by atoms with E-state index in [1.165, 1.54) is 60.9 Å². The van der Waals surface area contributed by atoms with Gasteiger partial charge in [0.25, 0.3) is 0 Å². The fourth-order valence-electron chi connectivity index (χ4n) is 6.77.